The maximum Gasteiger partial charge on any atom is 0.122 e. The Morgan fingerprint density at radius 3 is 2.74 bits per heavy atom. The van der Waals surface area contributed by atoms with Crippen molar-refractivity contribution in [1.29, 1.82) is 0 Å². The molecule has 0 bridgehead atoms. The Labute approximate surface area is 168 Å². The third kappa shape index (κ3) is 4.55. The van der Waals surface area contributed by atoms with Crippen molar-refractivity contribution in [1.82, 2.24) is 29.5 Å². The lowest BCUT2D eigenvalue weighted by atomic mass is 9.93. The molecule has 6 nitrogen and oxygen atoms in total. The van der Waals surface area contributed by atoms with Gasteiger partial charge in [-0.05, 0) is 43.7 Å². The Kier molecular flexibility index (Phi) is 6.28. The molecule has 1 saturated heterocycles. The summed E-state index contributed by atoms with van der Waals surface area (Å²) in [5.41, 5.74) is 1.85. The van der Waals surface area contributed by atoms with E-state index in [1.54, 1.807) is 0 Å². The zero-order chi connectivity index (χ0) is 18.1. The fourth-order valence-electron chi connectivity index (χ4n) is 4.51. The van der Waals surface area contributed by atoms with Crippen LogP contribution in [0, 0.1) is 11.3 Å². The van der Waals surface area contributed by atoms with E-state index in [1.807, 2.05) is 18.6 Å². The molecular formula is C20H33ClN6. The molecular weight excluding hydrogens is 360 g/mol. The molecule has 4 rings (SSSR count). The summed E-state index contributed by atoms with van der Waals surface area (Å²) in [6, 6.07) is 0.676. The van der Waals surface area contributed by atoms with Gasteiger partial charge in [0.25, 0.3) is 0 Å². The molecule has 1 saturated carbocycles. The van der Waals surface area contributed by atoms with Crippen LogP contribution in [0.25, 0.3) is 0 Å². The van der Waals surface area contributed by atoms with Gasteiger partial charge in [0.05, 0.1) is 12.7 Å². The van der Waals surface area contributed by atoms with Gasteiger partial charge in [-0.15, -0.1) is 12.4 Å². The maximum atomic E-state index is 4.57. The SMILES string of the molecule is CC(C)Cn1cc(CN(Cc2nccn2C)C2CC23CCNCC3)cn1.Cl. The van der Waals surface area contributed by atoms with Crippen LogP contribution in [0.1, 0.15) is 44.5 Å². The third-order valence-electron chi connectivity index (χ3n) is 6.08. The number of halogens is 1. The number of aryl methyl sites for hydroxylation is 1. The lowest BCUT2D eigenvalue weighted by Gasteiger charge is -2.29. The Hall–Kier alpha value is -1.37. The van der Waals surface area contributed by atoms with E-state index in [4.69, 9.17) is 0 Å². The van der Waals surface area contributed by atoms with Crippen LogP contribution in [0.3, 0.4) is 0 Å². The Bertz CT molecular complexity index is 730. The standard InChI is InChI=1S/C20H32N6.ClH/c1-16(2)12-26-14-17(11-23-26)13-25(15-19-22-8-9-24(19)3)18-10-20(18)4-6-21-7-5-20;/h8-9,11,14,16,18,21H,4-7,10,12-13,15H2,1-3H3;1H. The van der Waals surface area contributed by atoms with E-state index in [9.17, 15) is 0 Å². The van der Waals surface area contributed by atoms with Gasteiger partial charge in [0.2, 0.25) is 0 Å². The van der Waals surface area contributed by atoms with Crippen LogP contribution in [0.2, 0.25) is 0 Å². The van der Waals surface area contributed by atoms with Crippen molar-refractivity contribution in [2.75, 3.05) is 13.1 Å². The fourth-order valence-corrected chi connectivity index (χ4v) is 4.51. The van der Waals surface area contributed by atoms with E-state index in [-0.39, 0.29) is 12.4 Å². The maximum absolute atomic E-state index is 4.57. The number of aromatic nitrogens is 4. The van der Waals surface area contributed by atoms with Crippen LogP contribution in [-0.2, 0) is 26.7 Å². The van der Waals surface area contributed by atoms with Crippen molar-refractivity contribution in [3.05, 3.63) is 36.2 Å². The fraction of sp³-hybridized carbons (Fsp3) is 0.700. The first-order valence-electron chi connectivity index (χ1n) is 9.98. The summed E-state index contributed by atoms with van der Waals surface area (Å²) in [5.74, 6) is 1.77. The number of imidazole rings is 1. The predicted octanol–water partition coefficient (Wildman–Crippen LogP) is 2.84. The molecule has 1 N–H and O–H groups in total. The summed E-state index contributed by atoms with van der Waals surface area (Å²) in [5, 5.41) is 8.08. The molecule has 27 heavy (non-hydrogen) atoms. The summed E-state index contributed by atoms with van der Waals surface area (Å²) in [6.07, 6.45) is 12.2. The molecule has 1 aliphatic heterocycles. The average Bonchev–Trinajstić information content (AvgIpc) is 2.92. The van der Waals surface area contributed by atoms with Crippen molar-refractivity contribution < 1.29 is 0 Å². The highest BCUT2D eigenvalue weighted by molar-refractivity contribution is 5.85. The van der Waals surface area contributed by atoms with E-state index >= 15 is 0 Å². The quantitative estimate of drug-likeness (QED) is 0.787. The molecule has 7 heteroatoms. The third-order valence-corrected chi connectivity index (χ3v) is 6.08. The largest absolute Gasteiger partial charge is 0.337 e. The van der Waals surface area contributed by atoms with E-state index < -0.39 is 0 Å². The smallest absolute Gasteiger partial charge is 0.122 e. The average molecular weight is 393 g/mol. The van der Waals surface area contributed by atoms with E-state index in [0.29, 0.717) is 17.4 Å². The molecule has 1 aliphatic carbocycles. The summed E-state index contributed by atoms with van der Waals surface area (Å²) < 4.78 is 4.23. The highest BCUT2D eigenvalue weighted by Gasteiger charge is 2.56. The van der Waals surface area contributed by atoms with Gasteiger partial charge in [0, 0.05) is 50.3 Å². The molecule has 150 valence electrons. The number of hydrogen-bond acceptors (Lipinski definition) is 4. The molecule has 2 fully saturated rings. The van der Waals surface area contributed by atoms with Gasteiger partial charge in [-0.25, -0.2) is 4.98 Å². The summed E-state index contributed by atoms with van der Waals surface area (Å²) in [6.45, 7) is 9.67. The minimum Gasteiger partial charge on any atom is -0.337 e. The van der Waals surface area contributed by atoms with Gasteiger partial charge in [-0.1, -0.05) is 13.8 Å². The van der Waals surface area contributed by atoms with E-state index in [0.717, 1.165) is 25.5 Å². The molecule has 0 amide bonds. The van der Waals surface area contributed by atoms with Crippen LogP contribution in [0.4, 0.5) is 0 Å². The zero-order valence-electron chi connectivity index (χ0n) is 16.8. The lowest BCUT2D eigenvalue weighted by Crippen LogP contribution is -2.36. The number of piperidine rings is 1. The molecule has 1 unspecified atom stereocenters. The van der Waals surface area contributed by atoms with Crippen LogP contribution >= 0.6 is 12.4 Å². The summed E-state index contributed by atoms with van der Waals surface area (Å²) in [7, 11) is 2.09. The number of hydrogen-bond donors (Lipinski definition) is 1. The zero-order valence-corrected chi connectivity index (χ0v) is 17.6. The predicted molar refractivity (Wildman–Crippen MR) is 110 cm³/mol. The highest BCUT2D eigenvalue weighted by atomic mass is 35.5. The molecule has 2 aromatic rings. The molecule has 0 radical (unpaired) electrons. The van der Waals surface area contributed by atoms with Gasteiger partial charge in [-0.2, -0.15) is 5.10 Å². The van der Waals surface area contributed by atoms with Crippen molar-refractivity contribution >= 4 is 12.4 Å². The minimum atomic E-state index is 0. The van der Waals surface area contributed by atoms with E-state index in [1.165, 1.54) is 37.9 Å². The van der Waals surface area contributed by atoms with Crippen LogP contribution in [0.5, 0.6) is 0 Å². The first kappa shape index (κ1) is 20.4. The molecule has 0 aromatic carbocycles. The van der Waals surface area contributed by atoms with E-state index in [2.05, 4.69) is 56.6 Å². The van der Waals surface area contributed by atoms with Gasteiger partial charge >= 0.3 is 0 Å². The first-order chi connectivity index (χ1) is 12.6. The minimum absolute atomic E-state index is 0. The van der Waals surface area contributed by atoms with Gasteiger partial charge in [0.1, 0.15) is 5.82 Å². The molecule has 2 aromatic heterocycles. The molecule has 2 aliphatic rings. The lowest BCUT2D eigenvalue weighted by molar-refractivity contribution is 0.182. The summed E-state index contributed by atoms with van der Waals surface area (Å²) >= 11 is 0. The number of rotatable bonds is 7. The molecule has 1 atom stereocenters. The Balaban J connectivity index is 0.00000210. The van der Waals surface area contributed by atoms with Crippen LogP contribution in [-0.4, -0.2) is 43.4 Å². The van der Waals surface area contributed by atoms with Gasteiger partial charge in [-0.3, -0.25) is 9.58 Å². The van der Waals surface area contributed by atoms with Crippen LogP contribution < -0.4 is 5.32 Å². The number of nitrogens with zero attached hydrogens (tertiary/aromatic N) is 5. The van der Waals surface area contributed by atoms with Crippen molar-refractivity contribution in [2.45, 2.75) is 58.8 Å². The topological polar surface area (TPSA) is 50.9 Å². The number of nitrogens with one attached hydrogen (secondary N) is 1. The normalized spacial score (nSPS) is 21.0. The second kappa shape index (κ2) is 8.33. The first-order valence-corrected chi connectivity index (χ1v) is 9.98. The highest BCUT2D eigenvalue weighted by Crippen LogP contribution is 2.56. The van der Waals surface area contributed by atoms with Crippen molar-refractivity contribution in [2.24, 2.45) is 18.4 Å². The molecule has 1 spiro atoms. The summed E-state index contributed by atoms with van der Waals surface area (Å²) in [4.78, 5) is 7.22. The second-order valence-corrected chi connectivity index (χ2v) is 8.66. The van der Waals surface area contributed by atoms with Crippen molar-refractivity contribution in [3.63, 3.8) is 0 Å². The Morgan fingerprint density at radius 2 is 2.07 bits per heavy atom. The van der Waals surface area contributed by atoms with Gasteiger partial charge < -0.3 is 9.88 Å². The van der Waals surface area contributed by atoms with Crippen LogP contribution in [0.15, 0.2) is 24.8 Å². The second-order valence-electron chi connectivity index (χ2n) is 8.66. The Morgan fingerprint density at radius 1 is 1.30 bits per heavy atom. The van der Waals surface area contributed by atoms with Gasteiger partial charge in [0.15, 0.2) is 0 Å². The van der Waals surface area contributed by atoms with Crippen molar-refractivity contribution in [3.8, 4) is 0 Å². The monoisotopic (exact) mass is 392 g/mol. The molecule has 3 heterocycles.